The second kappa shape index (κ2) is 17.7. The zero-order valence-corrected chi connectivity index (χ0v) is 42.6. The van der Waals surface area contributed by atoms with Crippen LogP contribution in [-0.4, -0.2) is 17.0 Å². The summed E-state index contributed by atoms with van der Waals surface area (Å²) in [5.41, 5.74) is 15.3. The number of aromatic nitrogens is 2. The van der Waals surface area contributed by atoms with Gasteiger partial charge in [0, 0.05) is 55.1 Å². The molecule has 15 rings (SSSR count). The smallest absolute Gasteiger partial charge is 0.179 e. The van der Waals surface area contributed by atoms with Crippen LogP contribution >= 0.6 is 0 Å². The zero-order valence-electron chi connectivity index (χ0n) is 41.6. The first-order valence-electron chi connectivity index (χ1n) is 26.2. The molecule has 0 aliphatic rings. The van der Waals surface area contributed by atoms with Crippen molar-refractivity contribution in [2.24, 2.45) is 0 Å². The summed E-state index contributed by atoms with van der Waals surface area (Å²) >= 11 is 0. The Morgan fingerprint density at radius 1 is 0.250 bits per heavy atom. The van der Waals surface area contributed by atoms with Crippen LogP contribution in [0.15, 0.2) is 297 Å². The fraction of sp³-hybridized carbons (Fsp3) is 0. The van der Waals surface area contributed by atoms with Crippen LogP contribution in [0.2, 0.25) is 0 Å². The number of anilines is 3. The van der Waals surface area contributed by atoms with Crippen LogP contribution in [0.1, 0.15) is 0 Å². The molecule has 0 atom stereocenters. The fourth-order valence-electron chi connectivity index (χ4n) is 12.6. The normalized spacial score (nSPS) is 11.9. The van der Waals surface area contributed by atoms with Crippen molar-refractivity contribution in [2.75, 3.05) is 4.90 Å². The quantitative estimate of drug-likeness (QED) is 0.0983. The molecule has 15 aromatic rings. The van der Waals surface area contributed by atoms with Crippen molar-refractivity contribution in [3.05, 3.63) is 297 Å². The Labute approximate surface area is 442 Å². The number of fused-ring (bicyclic) bond motifs is 9. The number of para-hydroxylation sites is 4. The number of benzene rings is 12. The minimum atomic E-state index is -2.74. The van der Waals surface area contributed by atoms with E-state index in [9.17, 15) is 0 Å². The number of nitrogens with zero attached hydrogens (tertiary/aromatic N) is 3. The lowest BCUT2D eigenvalue weighted by Gasteiger charge is -2.35. The van der Waals surface area contributed by atoms with Crippen molar-refractivity contribution in [1.82, 2.24) is 8.97 Å². The minimum absolute atomic E-state index is 1.08. The van der Waals surface area contributed by atoms with Crippen molar-refractivity contribution >= 4 is 106 Å². The highest BCUT2D eigenvalue weighted by Gasteiger charge is 2.41. The molecule has 0 aliphatic carbocycles. The predicted molar refractivity (Wildman–Crippen MR) is 325 cm³/mol. The van der Waals surface area contributed by atoms with Crippen molar-refractivity contribution < 1.29 is 0 Å². The molecule has 0 N–H and O–H groups in total. The van der Waals surface area contributed by atoms with Gasteiger partial charge in [-0.1, -0.05) is 218 Å². The van der Waals surface area contributed by atoms with Crippen LogP contribution in [0.3, 0.4) is 0 Å². The van der Waals surface area contributed by atoms with E-state index in [4.69, 9.17) is 0 Å². The summed E-state index contributed by atoms with van der Waals surface area (Å²) in [5.74, 6) is 0. The third-order valence-electron chi connectivity index (χ3n) is 16.0. The van der Waals surface area contributed by atoms with E-state index in [1.807, 2.05) is 0 Å². The predicted octanol–water partition coefficient (Wildman–Crippen LogP) is 16.1. The molecule has 356 valence electrons. The van der Waals surface area contributed by atoms with Crippen LogP contribution < -0.4 is 25.6 Å². The highest BCUT2D eigenvalue weighted by atomic mass is 28.3. The highest BCUT2D eigenvalue weighted by Crippen LogP contribution is 2.42. The van der Waals surface area contributed by atoms with Crippen molar-refractivity contribution in [3.8, 4) is 27.9 Å². The van der Waals surface area contributed by atoms with Gasteiger partial charge in [-0.25, -0.2) is 0 Å². The monoisotopic (exact) mass is 983 g/mol. The standard InChI is InChI=1S/C72H49N3Si/c1-5-18-54(19-6-1)74-68-30-15-13-26-62(68)64-46-36-53(49-71(64)74)51-34-40-56(41-35-51)73(57-42-44-61(45-43-57)76(58-20-7-2-8-21-58,59-22-9-3-10-23-59)60-24-11-4-12-25-60)55-38-32-50(33-39-55)52-37-47-70-67(48-52)66-29-17-28-65-63-27-14-16-31-69(63)75(70)72(65)66/h1-49H. The van der Waals surface area contributed by atoms with Crippen LogP contribution in [0.4, 0.5) is 17.1 Å². The molecule has 12 aromatic carbocycles. The average Bonchev–Trinajstić information content (AvgIpc) is 4.22. The maximum Gasteiger partial charge on any atom is 0.179 e. The molecule has 0 radical (unpaired) electrons. The van der Waals surface area contributed by atoms with Gasteiger partial charge in [0.05, 0.1) is 27.6 Å². The second-order valence-corrected chi connectivity index (χ2v) is 23.8. The van der Waals surface area contributed by atoms with Gasteiger partial charge >= 0.3 is 0 Å². The Morgan fingerprint density at radius 2 is 0.645 bits per heavy atom. The molecular weight excluding hydrogens is 935 g/mol. The first-order valence-corrected chi connectivity index (χ1v) is 28.2. The second-order valence-electron chi connectivity index (χ2n) is 20.0. The maximum absolute atomic E-state index is 2.74. The zero-order chi connectivity index (χ0) is 50.2. The maximum atomic E-state index is 2.45. The summed E-state index contributed by atoms with van der Waals surface area (Å²) in [5, 5.41) is 13.1. The Kier molecular flexibility index (Phi) is 10.2. The number of hydrogen-bond acceptors (Lipinski definition) is 1. The van der Waals surface area contributed by atoms with E-state index in [1.165, 1.54) is 97.3 Å². The van der Waals surface area contributed by atoms with Crippen molar-refractivity contribution in [3.63, 3.8) is 0 Å². The molecule has 4 heteroatoms. The molecule has 0 bridgehead atoms. The molecule has 0 unspecified atom stereocenters. The molecule has 0 amide bonds. The van der Waals surface area contributed by atoms with Gasteiger partial charge in [-0.15, -0.1) is 0 Å². The van der Waals surface area contributed by atoms with Gasteiger partial charge in [0.1, 0.15) is 0 Å². The van der Waals surface area contributed by atoms with E-state index in [-0.39, 0.29) is 0 Å². The van der Waals surface area contributed by atoms with Crippen molar-refractivity contribution in [2.45, 2.75) is 0 Å². The Bertz CT molecular complexity index is 4490. The minimum Gasteiger partial charge on any atom is -0.311 e. The van der Waals surface area contributed by atoms with Gasteiger partial charge in [-0.05, 0) is 122 Å². The Balaban J connectivity index is 0.854. The summed E-state index contributed by atoms with van der Waals surface area (Å²) in [4.78, 5) is 2.41. The number of rotatable bonds is 10. The van der Waals surface area contributed by atoms with E-state index >= 15 is 0 Å². The lowest BCUT2D eigenvalue weighted by Crippen LogP contribution is -2.74. The third-order valence-corrected chi connectivity index (χ3v) is 20.8. The van der Waals surface area contributed by atoms with Gasteiger partial charge in [-0.2, -0.15) is 0 Å². The van der Waals surface area contributed by atoms with Crippen LogP contribution in [0.5, 0.6) is 0 Å². The molecule has 76 heavy (non-hydrogen) atoms. The fourth-order valence-corrected chi connectivity index (χ4v) is 17.3. The molecule has 0 saturated heterocycles. The summed E-state index contributed by atoms with van der Waals surface area (Å²) in [6.45, 7) is 0. The van der Waals surface area contributed by atoms with Gasteiger partial charge in [-0.3, -0.25) is 0 Å². The summed E-state index contributed by atoms with van der Waals surface area (Å²) in [6, 6.07) is 110. The molecule has 0 aliphatic heterocycles. The summed E-state index contributed by atoms with van der Waals surface area (Å²) in [7, 11) is -2.74. The average molecular weight is 984 g/mol. The third kappa shape index (κ3) is 6.81. The van der Waals surface area contributed by atoms with E-state index in [0.717, 1.165) is 28.3 Å². The molecule has 0 spiro atoms. The van der Waals surface area contributed by atoms with Crippen LogP contribution in [0, 0.1) is 0 Å². The van der Waals surface area contributed by atoms with Gasteiger partial charge in [0.25, 0.3) is 0 Å². The molecule has 3 nitrogen and oxygen atoms in total. The van der Waals surface area contributed by atoms with E-state index in [2.05, 4.69) is 311 Å². The van der Waals surface area contributed by atoms with E-state index in [0.29, 0.717) is 0 Å². The first kappa shape index (κ1) is 43.8. The lowest BCUT2D eigenvalue weighted by atomic mass is 10.0. The number of hydrogen-bond donors (Lipinski definition) is 0. The molecule has 0 saturated carbocycles. The van der Waals surface area contributed by atoms with Gasteiger partial charge < -0.3 is 13.9 Å². The Morgan fingerprint density at radius 3 is 1.22 bits per heavy atom. The lowest BCUT2D eigenvalue weighted by molar-refractivity contribution is 1.18. The summed E-state index contributed by atoms with van der Waals surface area (Å²) in [6.07, 6.45) is 0. The highest BCUT2D eigenvalue weighted by molar-refractivity contribution is 7.19. The van der Waals surface area contributed by atoms with Gasteiger partial charge in [0.15, 0.2) is 8.07 Å². The van der Waals surface area contributed by atoms with Gasteiger partial charge in [0.2, 0.25) is 0 Å². The topological polar surface area (TPSA) is 12.6 Å². The van der Waals surface area contributed by atoms with Crippen molar-refractivity contribution in [1.29, 1.82) is 0 Å². The molecule has 3 heterocycles. The van der Waals surface area contributed by atoms with E-state index in [1.54, 1.807) is 0 Å². The molecule has 0 fully saturated rings. The largest absolute Gasteiger partial charge is 0.311 e. The first-order chi connectivity index (χ1) is 37.7. The summed E-state index contributed by atoms with van der Waals surface area (Å²) < 4.78 is 4.84. The van der Waals surface area contributed by atoms with Crippen LogP contribution in [-0.2, 0) is 0 Å². The Hall–Kier alpha value is -9.74. The molecule has 3 aromatic heterocycles. The van der Waals surface area contributed by atoms with Crippen LogP contribution in [0.25, 0.3) is 87.8 Å². The molecular formula is C72H49N3Si. The van der Waals surface area contributed by atoms with E-state index < -0.39 is 8.07 Å². The SMILES string of the molecule is c1ccc(-n2c3ccccc3c3ccc(-c4ccc(N(c5ccc(-c6ccc7c(c6)c6cccc8c9ccccc9n7c86)cc5)c5ccc([Si](c6ccccc6)(c6ccccc6)c6ccccc6)cc5)cc4)cc32)cc1.